The number of ether oxygens (including phenoxy) is 1. The van der Waals surface area contributed by atoms with Crippen molar-refractivity contribution in [2.45, 2.75) is 6.92 Å². The Labute approximate surface area is 93.9 Å². The van der Waals surface area contributed by atoms with Gasteiger partial charge in [0.2, 0.25) is 0 Å². The van der Waals surface area contributed by atoms with Gasteiger partial charge in [-0.05, 0) is 19.1 Å². The largest absolute Gasteiger partial charge is 0.452 e. The fourth-order valence-electron chi connectivity index (χ4n) is 0.973. The number of hydrogen-bond donors (Lipinski definition) is 1. The van der Waals surface area contributed by atoms with Crippen LogP contribution in [0.2, 0.25) is 0 Å². The van der Waals surface area contributed by atoms with Gasteiger partial charge in [-0.25, -0.2) is 4.79 Å². The van der Waals surface area contributed by atoms with E-state index in [2.05, 4.69) is 16.6 Å². The number of hydrogen-bond acceptors (Lipinski definition) is 3. The maximum Gasteiger partial charge on any atom is 0.333 e. The van der Waals surface area contributed by atoms with Gasteiger partial charge in [0, 0.05) is 11.3 Å². The SMILES string of the molecule is C=C(C)C(=O)OCC(=O)Nc1ccccc1. The second-order valence-corrected chi connectivity index (χ2v) is 3.27. The average molecular weight is 219 g/mol. The summed E-state index contributed by atoms with van der Waals surface area (Å²) in [6.07, 6.45) is 0. The highest BCUT2D eigenvalue weighted by Crippen LogP contribution is 2.04. The van der Waals surface area contributed by atoms with Gasteiger partial charge >= 0.3 is 5.97 Å². The number of nitrogens with one attached hydrogen (secondary N) is 1. The predicted molar refractivity (Wildman–Crippen MR) is 60.8 cm³/mol. The maximum atomic E-state index is 11.3. The Morgan fingerprint density at radius 3 is 2.50 bits per heavy atom. The monoisotopic (exact) mass is 219 g/mol. The molecule has 0 aliphatic carbocycles. The zero-order valence-corrected chi connectivity index (χ0v) is 9.03. The molecule has 4 nitrogen and oxygen atoms in total. The second-order valence-electron chi connectivity index (χ2n) is 3.27. The first-order valence-electron chi connectivity index (χ1n) is 4.77. The molecule has 4 heteroatoms. The molecule has 0 aliphatic heterocycles. The van der Waals surface area contributed by atoms with Crippen molar-refractivity contribution in [3.63, 3.8) is 0 Å². The molecule has 1 aromatic carbocycles. The number of amides is 1. The Hall–Kier alpha value is -2.10. The highest BCUT2D eigenvalue weighted by atomic mass is 16.5. The highest BCUT2D eigenvalue weighted by Gasteiger charge is 2.07. The first kappa shape index (κ1) is 12.0. The molecule has 0 aromatic heterocycles. The number of rotatable bonds is 4. The lowest BCUT2D eigenvalue weighted by atomic mass is 10.3. The van der Waals surface area contributed by atoms with Crippen LogP contribution in [0.3, 0.4) is 0 Å². The van der Waals surface area contributed by atoms with Gasteiger partial charge in [0.15, 0.2) is 6.61 Å². The minimum absolute atomic E-state index is 0.271. The minimum atomic E-state index is -0.566. The first-order valence-corrected chi connectivity index (χ1v) is 4.77. The summed E-state index contributed by atoms with van der Waals surface area (Å²) in [5.41, 5.74) is 0.936. The zero-order chi connectivity index (χ0) is 12.0. The van der Waals surface area contributed by atoms with E-state index in [0.717, 1.165) is 0 Å². The Morgan fingerprint density at radius 2 is 1.94 bits per heavy atom. The molecule has 1 N–H and O–H groups in total. The number of esters is 1. The third-order valence-electron chi connectivity index (χ3n) is 1.74. The molecule has 84 valence electrons. The zero-order valence-electron chi connectivity index (χ0n) is 9.03. The van der Waals surface area contributed by atoms with E-state index < -0.39 is 5.97 Å². The van der Waals surface area contributed by atoms with Crippen molar-refractivity contribution in [1.29, 1.82) is 0 Å². The van der Waals surface area contributed by atoms with Crippen LogP contribution in [0.1, 0.15) is 6.92 Å². The van der Waals surface area contributed by atoms with Gasteiger partial charge < -0.3 is 10.1 Å². The van der Waals surface area contributed by atoms with Crippen LogP contribution in [0.25, 0.3) is 0 Å². The topological polar surface area (TPSA) is 55.4 Å². The van der Waals surface area contributed by atoms with Crippen LogP contribution in [0.15, 0.2) is 42.5 Å². The quantitative estimate of drug-likeness (QED) is 0.620. The maximum absolute atomic E-state index is 11.3. The van der Waals surface area contributed by atoms with E-state index in [9.17, 15) is 9.59 Å². The third kappa shape index (κ3) is 3.96. The second kappa shape index (κ2) is 5.70. The summed E-state index contributed by atoms with van der Waals surface area (Å²) in [6, 6.07) is 8.94. The molecular formula is C12H13NO3. The van der Waals surface area contributed by atoms with Crippen LogP contribution in [0, 0.1) is 0 Å². The molecule has 1 amide bonds. The van der Waals surface area contributed by atoms with E-state index in [-0.39, 0.29) is 18.1 Å². The van der Waals surface area contributed by atoms with E-state index in [4.69, 9.17) is 0 Å². The summed E-state index contributed by atoms with van der Waals surface area (Å²) in [5, 5.41) is 2.59. The summed E-state index contributed by atoms with van der Waals surface area (Å²) in [6.45, 7) is 4.63. The molecule has 0 spiro atoms. The first-order chi connectivity index (χ1) is 7.59. The molecule has 0 saturated heterocycles. The van der Waals surface area contributed by atoms with Gasteiger partial charge in [-0.2, -0.15) is 0 Å². The van der Waals surface area contributed by atoms with E-state index in [1.165, 1.54) is 6.92 Å². The number of anilines is 1. The summed E-state index contributed by atoms with van der Waals surface area (Å²) < 4.78 is 4.69. The Balaban J connectivity index is 2.37. The van der Waals surface area contributed by atoms with Crippen molar-refractivity contribution in [3.8, 4) is 0 Å². The van der Waals surface area contributed by atoms with E-state index in [0.29, 0.717) is 5.69 Å². The minimum Gasteiger partial charge on any atom is -0.452 e. The molecule has 1 aromatic rings. The van der Waals surface area contributed by atoms with E-state index in [1.54, 1.807) is 24.3 Å². The van der Waals surface area contributed by atoms with Crippen LogP contribution in [-0.4, -0.2) is 18.5 Å². The molecule has 0 unspecified atom stereocenters. The summed E-state index contributed by atoms with van der Waals surface area (Å²) in [5.74, 6) is -0.941. The third-order valence-corrected chi connectivity index (χ3v) is 1.74. The van der Waals surface area contributed by atoms with Crippen LogP contribution in [0.4, 0.5) is 5.69 Å². The fourth-order valence-corrected chi connectivity index (χ4v) is 0.973. The average Bonchev–Trinajstić information content (AvgIpc) is 2.27. The molecule has 16 heavy (non-hydrogen) atoms. The lowest BCUT2D eigenvalue weighted by molar-refractivity contribution is -0.143. The number of carbonyl (C=O) groups excluding carboxylic acids is 2. The molecule has 0 atom stereocenters. The molecule has 1 rings (SSSR count). The van der Waals surface area contributed by atoms with Gasteiger partial charge in [0.1, 0.15) is 0 Å². The molecule has 0 bridgehead atoms. The van der Waals surface area contributed by atoms with Gasteiger partial charge in [-0.15, -0.1) is 0 Å². The van der Waals surface area contributed by atoms with Gasteiger partial charge in [-0.1, -0.05) is 24.8 Å². The van der Waals surface area contributed by atoms with Crippen LogP contribution >= 0.6 is 0 Å². The van der Waals surface area contributed by atoms with Crippen LogP contribution in [-0.2, 0) is 14.3 Å². The summed E-state index contributed by atoms with van der Waals surface area (Å²) in [7, 11) is 0. The van der Waals surface area contributed by atoms with E-state index in [1.807, 2.05) is 6.07 Å². The number of carbonyl (C=O) groups is 2. The highest BCUT2D eigenvalue weighted by molar-refractivity contribution is 5.94. The molecule has 0 fully saturated rings. The molecular weight excluding hydrogens is 206 g/mol. The van der Waals surface area contributed by atoms with E-state index >= 15 is 0 Å². The number of benzene rings is 1. The number of para-hydroxylation sites is 1. The Bertz CT molecular complexity index is 398. The molecule has 0 radical (unpaired) electrons. The fraction of sp³-hybridized carbons (Fsp3) is 0.167. The predicted octanol–water partition coefficient (Wildman–Crippen LogP) is 1.74. The normalized spacial score (nSPS) is 9.31. The van der Waals surface area contributed by atoms with Crippen molar-refractivity contribution in [2.75, 3.05) is 11.9 Å². The van der Waals surface area contributed by atoms with Gasteiger partial charge in [0.05, 0.1) is 0 Å². The smallest absolute Gasteiger partial charge is 0.333 e. The molecule has 0 heterocycles. The standard InChI is InChI=1S/C12H13NO3/c1-9(2)12(15)16-8-11(14)13-10-6-4-3-5-7-10/h3-7H,1,8H2,2H3,(H,13,14). The van der Waals surface area contributed by atoms with Crippen LogP contribution in [0.5, 0.6) is 0 Å². The van der Waals surface area contributed by atoms with Crippen molar-refractivity contribution >= 4 is 17.6 Å². The van der Waals surface area contributed by atoms with Crippen molar-refractivity contribution in [2.24, 2.45) is 0 Å². The lowest BCUT2D eigenvalue weighted by Gasteiger charge is -2.05. The Kier molecular flexibility index (Phi) is 4.27. The summed E-state index contributed by atoms with van der Waals surface area (Å²) >= 11 is 0. The van der Waals surface area contributed by atoms with Gasteiger partial charge in [-0.3, -0.25) is 4.79 Å². The molecule has 0 aliphatic rings. The van der Waals surface area contributed by atoms with Crippen molar-refractivity contribution in [1.82, 2.24) is 0 Å². The van der Waals surface area contributed by atoms with Crippen LogP contribution < -0.4 is 5.32 Å². The van der Waals surface area contributed by atoms with Crippen molar-refractivity contribution < 1.29 is 14.3 Å². The molecule has 0 saturated carbocycles. The van der Waals surface area contributed by atoms with Crippen molar-refractivity contribution in [3.05, 3.63) is 42.5 Å². The lowest BCUT2D eigenvalue weighted by Crippen LogP contribution is -2.20. The Morgan fingerprint density at radius 1 is 1.31 bits per heavy atom. The summed E-state index contributed by atoms with van der Waals surface area (Å²) in [4.78, 5) is 22.3. The van der Waals surface area contributed by atoms with Gasteiger partial charge in [0.25, 0.3) is 5.91 Å².